The van der Waals surface area contributed by atoms with E-state index in [1.807, 2.05) is 39.0 Å². The monoisotopic (exact) mass is 205 g/mol. The number of aromatic nitrogens is 1. The third kappa shape index (κ3) is 1.52. The maximum atomic E-state index is 11.0. The van der Waals surface area contributed by atoms with Gasteiger partial charge in [0.25, 0.3) is 0 Å². The van der Waals surface area contributed by atoms with E-state index in [1.165, 1.54) is 0 Å². The van der Waals surface area contributed by atoms with E-state index >= 15 is 0 Å². The van der Waals surface area contributed by atoms with Crippen LogP contribution in [0.25, 0.3) is 0 Å². The van der Waals surface area contributed by atoms with Crippen molar-refractivity contribution in [3.63, 3.8) is 0 Å². The molecule has 3 nitrogen and oxygen atoms in total. The number of hydrogen-bond donors (Lipinski definition) is 1. The van der Waals surface area contributed by atoms with Crippen molar-refractivity contribution in [1.29, 1.82) is 0 Å². The molecule has 1 aromatic rings. The van der Waals surface area contributed by atoms with Crippen LogP contribution in [0, 0.1) is 18.3 Å². The zero-order valence-electron chi connectivity index (χ0n) is 9.19. The molecule has 2 rings (SSSR count). The van der Waals surface area contributed by atoms with Crippen molar-refractivity contribution in [3.8, 4) is 0 Å². The highest BCUT2D eigenvalue weighted by Crippen LogP contribution is 2.63. The van der Waals surface area contributed by atoms with Crippen molar-refractivity contribution < 1.29 is 9.90 Å². The molecule has 0 radical (unpaired) electrons. The maximum Gasteiger partial charge on any atom is 0.307 e. The number of carboxylic acid groups (broad SMARTS) is 1. The summed E-state index contributed by atoms with van der Waals surface area (Å²) in [6, 6.07) is 5.78. The zero-order valence-corrected chi connectivity index (χ0v) is 9.19. The Bertz CT molecular complexity index is 412. The first-order chi connectivity index (χ1) is 6.94. The Labute approximate surface area is 89.2 Å². The molecule has 1 saturated carbocycles. The highest BCUT2D eigenvalue weighted by molar-refractivity contribution is 5.77. The Morgan fingerprint density at radius 2 is 2.13 bits per heavy atom. The van der Waals surface area contributed by atoms with Gasteiger partial charge in [-0.25, -0.2) is 0 Å². The van der Waals surface area contributed by atoms with Crippen LogP contribution in [0.5, 0.6) is 0 Å². The van der Waals surface area contributed by atoms with Gasteiger partial charge in [0.2, 0.25) is 0 Å². The van der Waals surface area contributed by atoms with E-state index in [0.717, 1.165) is 11.4 Å². The van der Waals surface area contributed by atoms with Crippen molar-refractivity contribution in [2.75, 3.05) is 0 Å². The third-order valence-corrected chi connectivity index (χ3v) is 3.32. The average molecular weight is 205 g/mol. The second kappa shape index (κ2) is 3.05. The summed E-state index contributed by atoms with van der Waals surface area (Å²) >= 11 is 0. The SMILES string of the molecule is Cc1cccc(C2C(C(=O)O)C2(C)C)n1. The molecule has 0 aliphatic heterocycles. The number of carboxylic acids is 1. The minimum absolute atomic E-state index is 0.0647. The number of aliphatic carboxylic acids is 1. The Kier molecular flexibility index (Phi) is 2.07. The summed E-state index contributed by atoms with van der Waals surface area (Å²) in [5.41, 5.74) is 1.69. The van der Waals surface area contributed by atoms with E-state index in [0.29, 0.717) is 0 Å². The first-order valence-electron chi connectivity index (χ1n) is 5.11. The fourth-order valence-electron chi connectivity index (χ4n) is 2.39. The summed E-state index contributed by atoms with van der Waals surface area (Å²) in [5, 5.41) is 9.06. The average Bonchev–Trinajstić information content (AvgIpc) is 2.69. The number of rotatable bonds is 2. The van der Waals surface area contributed by atoms with Gasteiger partial charge in [0.15, 0.2) is 0 Å². The number of aryl methyl sites for hydroxylation is 1. The van der Waals surface area contributed by atoms with Gasteiger partial charge >= 0.3 is 5.97 Å². The number of hydrogen-bond acceptors (Lipinski definition) is 2. The lowest BCUT2D eigenvalue weighted by molar-refractivity contribution is -0.139. The number of nitrogens with zero attached hydrogens (tertiary/aromatic N) is 1. The summed E-state index contributed by atoms with van der Waals surface area (Å²) in [5.74, 6) is -0.935. The lowest BCUT2D eigenvalue weighted by atomic mass is 10.1. The van der Waals surface area contributed by atoms with Gasteiger partial charge in [0, 0.05) is 17.3 Å². The van der Waals surface area contributed by atoms with Gasteiger partial charge in [-0.15, -0.1) is 0 Å². The Balaban J connectivity index is 2.31. The van der Waals surface area contributed by atoms with Crippen molar-refractivity contribution in [2.24, 2.45) is 11.3 Å². The van der Waals surface area contributed by atoms with E-state index in [4.69, 9.17) is 5.11 Å². The van der Waals surface area contributed by atoms with Crippen LogP contribution in [0.3, 0.4) is 0 Å². The molecule has 0 spiro atoms. The van der Waals surface area contributed by atoms with Gasteiger partial charge in [-0.2, -0.15) is 0 Å². The third-order valence-electron chi connectivity index (χ3n) is 3.32. The molecular weight excluding hydrogens is 190 g/mol. The molecule has 1 aliphatic carbocycles. The predicted octanol–water partition coefficient (Wildman–Crippen LogP) is 2.21. The molecule has 15 heavy (non-hydrogen) atoms. The summed E-state index contributed by atoms with van der Waals surface area (Å²) in [7, 11) is 0. The predicted molar refractivity (Wildman–Crippen MR) is 56.6 cm³/mol. The smallest absolute Gasteiger partial charge is 0.307 e. The van der Waals surface area contributed by atoms with Gasteiger partial charge < -0.3 is 5.11 Å². The number of pyridine rings is 1. The molecule has 0 bridgehead atoms. The zero-order chi connectivity index (χ0) is 11.2. The highest BCUT2D eigenvalue weighted by Gasteiger charge is 2.63. The molecule has 1 N–H and O–H groups in total. The van der Waals surface area contributed by atoms with Crippen LogP contribution in [-0.4, -0.2) is 16.1 Å². The fourth-order valence-corrected chi connectivity index (χ4v) is 2.39. The van der Waals surface area contributed by atoms with Crippen molar-refractivity contribution in [2.45, 2.75) is 26.7 Å². The largest absolute Gasteiger partial charge is 0.481 e. The lowest BCUT2D eigenvalue weighted by Crippen LogP contribution is -2.03. The van der Waals surface area contributed by atoms with Crippen LogP contribution in [-0.2, 0) is 4.79 Å². The van der Waals surface area contributed by atoms with E-state index in [-0.39, 0.29) is 17.3 Å². The topological polar surface area (TPSA) is 50.2 Å². The Hall–Kier alpha value is -1.38. The molecule has 1 heterocycles. The van der Waals surface area contributed by atoms with Gasteiger partial charge in [0.1, 0.15) is 0 Å². The highest BCUT2D eigenvalue weighted by atomic mass is 16.4. The maximum absolute atomic E-state index is 11.0. The van der Waals surface area contributed by atoms with Crippen LogP contribution < -0.4 is 0 Å². The number of carbonyl (C=O) groups is 1. The van der Waals surface area contributed by atoms with Crippen LogP contribution in [0.15, 0.2) is 18.2 Å². The molecule has 1 fully saturated rings. The van der Waals surface area contributed by atoms with Crippen LogP contribution in [0.2, 0.25) is 0 Å². The van der Waals surface area contributed by atoms with Crippen molar-refractivity contribution in [1.82, 2.24) is 4.98 Å². The fraction of sp³-hybridized carbons (Fsp3) is 0.500. The van der Waals surface area contributed by atoms with Crippen molar-refractivity contribution in [3.05, 3.63) is 29.6 Å². The molecule has 0 amide bonds. The van der Waals surface area contributed by atoms with E-state index in [1.54, 1.807) is 0 Å². The molecule has 80 valence electrons. The second-order valence-corrected chi connectivity index (χ2v) is 4.82. The normalized spacial score (nSPS) is 27.4. The van der Waals surface area contributed by atoms with Gasteiger partial charge in [-0.3, -0.25) is 9.78 Å². The molecular formula is C12H15NO2. The first kappa shape index (κ1) is 10.1. The van der Waals surface area contributed by atoms with E-state index in [9.17, 15) is 4.79 Å². The Morgan fingerprint density at radius 3 is 2.60 bits per heavy atom. The Morgan fingerprint density at radius 1 is 1.47 bits per heavy atom. The first-order valence-corrected chi connectivity index (χ1v) is 5.11. The molecule has 1 aromatic heterocycles. The van der Waals surface area contributed by atoms with E-state index in [2.05, 4.69) is 4.98 Å². The molecule has 0 saturated heterocycles. The molecule has 2 unspecified atom stereocenters. The molecule has 3 heteroatoms. The van der Waals surface area contributed by atoms with Gasteiger partial charge in [-0.1, -0.05) is 19.9 Å². The summed E-state index contributed by atoms with van der Waals surface area (Å²) < 4.78 is 0. The van der Waals surface area contributed by atoms with Crippen LogP contribution in [0.1, 0.15) is 31.2 Å². The van der Waals surface area contributed by atoms with E-state index < -0.39 is 5.97 Å². The van der Waals surface area contributed by atoms with Crippen molar-refractivity contribution >= 4 is 5.97 Å². The summed E-state index contributed by atoms with van der Waals surface area (Å²) in [6.07, 6.45) is 0. The minimum Gasteiger partial charge on any atom is -0.481 e. The summed E-state index contributed by atoms with van der Waals surface area (Å²) in [4.78, 5) is 15.4. The molecule has 2 atom stereocenters. The van der Waals surface area contributed by atoms with Gasteiger partial charge in [-0.05, 0) is 24.5 Å². The second-order valence-electron chi connectivity index (χ2n) is 4.82. The molecule has 0 aromatic carbocycles. The quantitative estimate of drug-likeness (QED) is 0.805. The van der Waals surface area contributed by atoms with Crippen LogP contribution >= 0.6 is 0 Å². The van der Waals surface area contributed by atoms with Gasteiger partial charge in [0.05, 0.1) is 5.92 Å². The molecule has 1 aliphatic rings. The minimum atomic E-state index is -0.715. The summed E-state index contributed by atoms with van der Waals surface area (Å²) in [6.45, 7) is 5.90. The standard InChI is InChI=1S/C12H15NO2/c1-7-5-4-6-8(13-7)9-10(11(14)15)12(9,2)3/h4-6,9-10H,1-3H3,(H,14,15). The lowest BCUT2D eigenvalue weighted by Gasteiger charge is -2.02. The van der Waals surface area contributed by atoms with Crippen LogP contribution in [0.4, 0.5) is 0 Å².